The van der Waals surface area contributed by atoms with Gasteiger partial charge in [0.05, 0.1) is 23.2 Å². The maximum absolute atomic E-state index is 12.9. The predicted molar refractivity (Wildman–Crippen MR) is 102 cm³/mol. The summed E-state index contributed by atoms with van der Waals surface area (Å²) in [7, 11) is -3.69. The molecule has 8 nitrogen and oxygen atoms in total. The first-order valence-corrected chi connectivity index (χ1v) is 10.6. The summed E-state index contributed by atoms with van der Waals surface area (Å²) in [4.78, 5) is 7.75. The van der Waals surface area contributed by atoms with Gasteiger partial charge in [-0.2, -0.15) is 9.97 Å². The van der Waals surface area contributed by atoms with Gasteiger partial charge in [0.15, 0.2) is 9.84 Å². The lowest BCUT2D eigenvalue weighted by molar-refractivity contribution is 0.404. The van der Waals surface area contributed by atoms with E-state index in [0.717, 1.165) is 5.56 Å². The van der Waals surface area contributed by atoms with Crippen LogP contribution in [0.25, 0.3) is 0 Å². The number of benzene rings is 1. The first kappa shape index (κ1) is 20.3. The van der Waals surface area contributed by atoms with Gasteiger partial charge in [-0.25, -0.2) is 17.8 Å². The van der Waals surface area contributed by atoms with Gasteiger partial charge in [-0.15, -0.1) is 10.2 Å². The Kier molecular flexibility index (Phi) is 5.97. The molecular formula is C14H12Cl4N6O2S. The average Bonchev–Trinajstić information content (AvgIpc) is 3.07. The topological polar surface area (TPSA) is 95.6 Å². The highest BCUT2D eigenvalue weighted by Crippen LogP contribution is 2.24. The molecule has 0 saturated carbocycles. The second-order valence-electron chi connectivity index (χ2n) is 5.67. The Morgan fingerprint density at radius 3 is 2.07 bits per heavy atom. The van der Waals surface area contributed by atoms with E-state index in [0.29, 0.717) is 0 Å². The van der Waals surface area contributed by atoms with Crippen LogP contribution in [-0.4, -0.2) is 43.7 Å². The zero-order chi connectivity index (χ0) is 19.8. The third-order valence-electron chi connectivity index (χ3n) is 3.69. The molecule has 1 atom stereocenters. The molecule has 0 aliphatic heterocycles. The molecule has 3 aromatic rings. The summed E-state index contributed by atoms with van der Waals surface area (Å²) in [5, 5.41) is 7.66. The second-order valence-corrected chi connectivity index (χ2v) is 9.06. The van der Waals surface area contributed by atoms with Crippen LogP contribution in [0, 0.1) is 6.92 Å². The predicted octanol–water partition coefficient (Wildman–Crippen LogP) is 3.51. The number of aryl methyl sites for hydroxylation is 1. The zero-order valence-electron chi connectivity index (χ0n) is 13.7. The molecule has 0 bridgehead atoms. The van der Waals surface area contributed by atoms with Crippen molar-refractivity contribution in [3.05, 3.63) is 51.0 Å². The molecule has 0 aliphatic rings. The molecule has 0 saturated heterocycles. The van der Waals surface area contributed by atoms with Crippen LogP contribution in [0.15, 0.2) is 29.2 Å². The van der Waals surface area contributed by atoms with Crippen LogP contribution in [0.3, 0.4) is 0 Å². The minimum atomic E-state index is -3.69. The van der Waals surface area contributed by atoms with Gasteiger partial charge in [0.1, 0.15) is 0 Å². The number of sulfone groups is 1. The summed E-state index contributed by atoms with van der Waals surface area (Å²) in [6, 6.07) is 5.71. The van der Waals surface area contributed by atoms with Crippen LogP contribution in [0.1, 0.15) is 11.6 Å². The summed E-state index contributed by atoms with van der Waals surface area (Å²) >= 11 is 23.6. The Hall–Kier alpha value is -1.39. The summed E-state index contributed by atoms with van der Waals surface area (Å²) in [6.45, 7) is 1.86. The van der Waals surface area contributed by atoms with Crippen molar-refractivity contribution >= 4 is 56.2 Å². The first-order valence-electron chi connectivity index (χ1n) is 7.48. The molecule has 144 valence electrons. The van der Waals surface area contributed by atoms with E-state index >= 15 is 0 Å². The molecule has 0 N–H and O–H groups in total. The molecule has 0 unspecified atom stereocenters. The third-order valence-corrected chi connectivity index (χ3v) is 6.36. The molecule has 3 rings (SSSR count). The van der Waals surface area contributed by atoms with Crippen molar-refractivity contribution in [1.82, 2.24) is 29.5 Å². The van der Waals surface area contributed by atoms with Crippen LogP contribution in [0.2, 0.25) is 21.1 Å². The summed E-state index contributed by atoms with van der Waals surface area (Å²) in [5.74, 6) is -0.344. The van der Waals surface area contributed by atoms with Crippen molar-refractivity contribution < 1.29 is 8.42 Å². The Morgan fingerprint density at radius 1 is 0.963 bits per heavy atom. The molecule has 0 spiro atoms. The van der Waals surface area contributed by atoms with E-state index in [1.54, 1.807) is 12.1 Å². The minimum Gasteiger partial charge on any atom is -0.233 e. The fraction of sp³-hybridized carbons (Fsp3) is 0.286. The van der Waals surface area contributed by atoms with E-state index in [4.69, 9.17) is 46.4 Å². The van der Waals surface area contributed by atoms with E-state index in [2.05, 4.69) is 20.2 Å². The van der Waals surface area contributed by atoms with Crippen LogP contribution in [0.4, 0.5) is 0 Å². The van der Waals surface area contributed by atoms with Crippen molar-refractivity contribution in [3.63, 3.8) is 0 Å². The number of hydrogen-bond donors (Lipinski definition) is 0. The van der Waals surface area contributed by atoms with Gasteiger partial charge in [0.25, 0.3) is 0 Å². The fourth-order valence-electron chi connectivity index (χ4n) is 2.42. The number of hydrogen-bond acceptors (Lipinski definition) is 6. The van der Waals surface area contributed by atoms with Gasteiger partial charge in [-0.1, -0.05) is 17.7 Å². The Labute approximate surface area is 174 Å². The molecular weight excluding hydrogens is 458 g/mol. The molecule has 0 aliphatic carbocycles. The highest BCUT2D eigenvalue weighted by atomic mass is 35.5. The lowest BCUT2D eigenvalue weighted by Gasteiger charge is -2.18. The summed E-state index contributed by atoms with van der Waals surface area (Å²) in [5.41, 5.74) is 0.945. The van der Waals surface area contributed by atoms with Crippen molar-refractivity contribution in [2.45, 2.75) is 24.4 Å². The van der Waals surface area contributed by atoms with Crippen LogP contribution in [0.5, 0.6) is 0 Å². The van der Waals surface area contributed by atoms with Gasteiger partial charge in [0.2, 0.25) is 21.1 Å². The molecule has 0 fully saturated rings. The third kappa shape index (κ3) is 4.72. The van der Waals surface area contributed by atoms with Crippen molar-refractivity contribution in [2.24, 2.45) is 0 Å². The van der Waals surface area contributed by atoms with E-state index < -0.39 is 15.9 Å². The van der Waals surface area contributed by atoms with Gasteiger partial charge in [-0.05, 0) is 65.5 Å². The molecule has 13 heteroatoms. The lowest BCUT2D eigenvalue weighted by Crippen LogP contribution is -2.26. The van der Waals surface area contributed by atoms with Crippen molar-refractivity contribution in [3.8, 4) is 0 Å². The van der Waals surface area contributed by atoms with Gasteiger partial charge in [0, 0.05) is 0 Å². The van der Waals surface area contributed by atoms with Gasteiger partial charge in [-0.3, -0.25) is 0 Å². The highest BCUT2D eigenvalue weighted by molar-refractivity contribution is 7.91. The molecule has 0 amide bonds. The van der Waals surface area contributed by atoms with Crippen LogP contribution in [-0.2, 0) is 16.4 Å². The van der Waals surface area contributed by atoms with Crippen LogP contribution >= 0.6 is 46.4 Å². The monoisotopic (exact) mass is 468 g/mol. The molecule has 2 aromatic heterocycles. The normalized spacial score (nSPS) is 13.1. The molecule has 0 radical (unpaired) electrons. The number of halogens is 4. The van der Waals surface area contributed by atoms with Crippen molar-refractivity contribution in [2.75, 3.05) is 5.75 Å². The van der Waals surface area contributed by atoms with Crippen LogP contribution < -0.4 is 0 Å². The van der Waals surface area contributed by atoms with Gasteiger partial charge >= 0.3 is 0 Å². The number of aromatic nitrogens is 6. The largest absolute Gasteiger partial charge is 0.243 e. The summed E-state index contributed by atoms with van der Waals surface area (Å²) < 4.78 is 28.2. The Bertz CT molecular complexity index is 1060. The molecule has 2 heterocycles. The van der Waals surface area contributed by atoms with Gasteiger partial charge < -0.3 is 0 Å². The van der Waals surface area contributed by atoms with E-state index in [-0.39, 0.29) is 38.3 Å². The SMILES string of the molecule is Cc1ccc(S(=O)(=O)C[C@H](Cn2nc(Cl)nc2Cl)n2nc(Cl)nc2Cl)cc1. The second kappa shape index (κ2) is 7.92. The van der Waals surface area contributed by atoms with E-state index in [1.807, 2.05) is 6.92 Å². The Balaban J connectivity index is 1.97. The lowest BCUT2D eigenvalue weighted by atomic mass is 10.2. The minimum absolute atomic E-state index is 0.0000635. The maximum Gasteiger partial charge on any atom is 0.243 e. The smallest absolute Gasteiger partial charge is 0.233 e. The summed E-state index contributed by atoms with van der Waals surface area (Å²) in [6.07, 6.45) is 0. The molecule has 1 aromatic carbocycles. The zero-order valence-corrected chi connectivity index (χ0v) is 17.6. The number of rotatable bonds is 6. The quantitative estimate of drug-likeness (QED) is 0.548. The highest BCUT2D eigenvalue weighted by Gasteiger charge is 2.27. The Morgan fingerprint density at radius 2 is 1.56 bits per heavy atom. The number of nitrogens with zero attached hydrogens (tertiary/aromatic N) is 6. The average molecular weight is 470 g/mol. The van der Waals surface area contributed by atoms with E-state index in [1.165, 1.54) is 21.5 Å². The molecule has 27 heavy (non-hydrogen) atoms. The first-order chi connectivity index (χ1) is 12.7. The van der Waals surface area contributed by atoms with Crippen molar-refractivity contribution in [1.29, 1.82) is 0 Å². The maximum atomic E-state index is 12.9. The standard InChI is InChI=1S/C14H12Cl4N6O2S/c1-8-2-4-10(5-3-8)27(25,26)7-9(24-14(18)20-12(16)22-24)6-23-13(17)19-11(15)21-23/h2-5,9H,6-7H2,1H3/t9-/m0/s1. The van der Waals surface area contributed by atoms with E-state index in [9.17, 15) is 8.42 Å². The fourth-order valence-corrected chi connectivity index (χ4v) is 4.78.